The van der Waals surface area contributed by atoms with E-state index in [0.717, 1.165) is 25.7 Å². The Kier molecular flexibility index (Phi) is 12.2. The molecule has 0 aliphatic heterocycles. The second kappa shape index (κ2) is 12.8. The van der Waals surface area contributed by atoms with Gasteiger partial charge in [0, 0.05) is 19.4 Å². The summed E-state index contributed by atoms with van der Waals surface area (Å²) in [4.78, 5) is 23.1. The average molecular weight is 302 g/mol. The minimum absolute atomic E-state index is 0.0120. The fourth-order valence-corrected chi connectivity index (χ4v) is 2.04. The molecule has 0 amide bonds. The number of carbonyl (C=O) groups is 2. The first-order valence-electron chi connectivity index (χ1n) is 7.99. The van der Waals surface area contributed by atoms with Gasteiger partial charge < -0.3 is 14.9 Å². The second-order valence-corrected chi connectivity index (χ2v) is 5.51. The predicted octanol–water partition coefficient (Wildman–Crippen LogP) is 2.23. The van der Waals surface area contributed by atoms with Crippen LogP contribution in [0.3, 0.4) is 0 Å². The van der Waals surface area contributed by atoms with Crippen LogP contribution in [0.15, 0.2) is 0 Å². The first-order valence-corrected chi connectivity index (χ1v) is 7.99. The van der Waals surface area contributed by atoms with Crippen molar-refractivity contribution in [2.45, 2.75) is 71.3 Å². The van der Waals surface area contributed by atoms with Gasteiger partial charge >= 0.3 is 5.97 Å². The molecular weight excluding hydrogens is 272 g/mol. The van der Waals surface area contributed by atoms with Crippen molar-refractivity contribution in [3.05, 3.63) is 0 Å². The molecule has 0 bridgehead atoms. The Balaban J connectivity index is 3.80. The van der Waals surface area contributed by atoms with Crippen molar-refractivity contribution in [1.29, 1.82) is 0 Å². The summed E-state index contributed by atoms with van der Waals surface area (Å²) in [6.07, 6.45) is 3.82. The van der Waals surface area contributed by atoms with Gasteiger partial charge in [-0.05, 0) is 18.8 Å². The number of hydrogen-bond acceptors (Lipinski definition) is 5. The van der Waals surface area contributed by atoms with Gasteiger partial charge in [-0.15, -0.1) is 0 Å². The van der Waals surface area contributed by atoms with Gasteiger partial charge in [-0.2, -0.15) is 0 Å². The maximum atomic E-state index is 11.6. The highest BCUT2D eigenvalue weighted by atomic mass is 16.5. The van der Waals surface area contributed by atoms with Crippen LogP contribution in [0.1, 0.15) is 65.2 Å². The lowest BCUT2D eigenvalue weighted by Gasteiger charge is -2.14. The fraction of sp³-hybridized carbons (Fsp3) is 0.875. The molecule has 21 heavy (non-hydrogen) atoms. The molecule has 0 heterocycles. The molecule has 5 nitrogen and oxygen atoms in total. The Morgan fingerprint density at radius 3 is 2.43 bits per heavy atom. The molecule has 0 fully saturated rings. The zero-order chi connectivity index (χ0) is 16.1. The Morgan fingerprint density at radius 2 is 1.86 bits per heavy atom. The van der Waals surface area contributed by atoms with Crippen molar-refractivity contribution >= 4 is 11.8 Å². The lowest BCUT2D eigenvalue weighted by molar-refractivity contribution is -0.146. The van der Waals surface area contributed by atoms with Gasteiger partial charge in [0.2, 0.25) is 0 Å². The quantitative estimate of drug-likeness (QED) is 0.510. The highest BCUT2D eigenvalue weighted by molar-refractivity contribution is 5.83. The van der Waals surface area contributed by atoms with Gasteiger partial charge in [0.1, 0.15) is 5.78 Å². The summed E-state index contributed by atoms with van der Waals surface area (Å²) in [5, 5.41) is 18.0. The summed E-state index contributed by atoms with van der Waals surface area (Å²) < 4.78 is 5.20. The van der Waals surface area contributed by atoms with Gasteiger partial charge in [-0.1, -0.05) is 33.1 Å². The van der Waals surface area contributed by atoms with Gasteiger partial charge in [0.05, 0.1) is 19.1 Å². The number of aliphatic hydroxyl groups excluding tert-OH is 2. The van der Waals surface area contributed by atoms with Crippen LogP contribution in [-0.4, -0.2) is 41.3 Å². The van der Waals surface area contributed by atoms with Crippen molar-refractivity contribution in [2.24, 2.45) is 5.92 Å². The van der Waals surface area contributed by atoms with E-state index in [0.29, 0.717) is 12.5 Å². The zero-order valence-electron chi connectivity index (χ0n) is 13.3. The number of Topliss-reactive ketones (excluding diaryl/α,β-unsaturated/α-hetero) is 1. The summed E-state index contributed by atoms with van der Waals surface area (Å²) in [7, 11) is 0. The molecule has 2 N–H and O–H groups in total. The van der Waals surface area contributed by atoms with E-state index in [4.69, 9.17) is 9.84 Å². The number of esters is 1. The normalized spacial score (nSPS) is 13.7. The summed E-state index contributed by atoms with van der Waals surface area (Å²) in [6.45, 7) is 4.50. The Morgan fingerprint density at radius 1 is 1.14 bits per heavy atom. The van der Waals surface area contributed by atoms with Crippen LogP contribution < -0.4 is 0 Å². The SMILES string of the molecule is CCCCC(CC)COC(=O)CCC(=O)CC(O)CCO. The highest BCUT2D eigenvalue weighted by Gasteiger charge is 2.14. The third-order valence-corrected chi connectivity index (χ3v) is 3.56. The van der Waals surface area contributed by atoms with Crippen molar-refractivity contribution in [3.63, 3.8) is 0 Å². The molecule has 0 spiro atoms. The molecule has 5 heteroatoms. The topological polar surface area (TPSA) is 83.8 Å². The molecule has 0 radical (unpaired) electrons. The van der Waals surface area contributed by atoms with E-state index in [1.807, 2.05) is 0 Å². The van der Waals surface area contributed by atoms with Gasteiger partial charge in [0.15, 0.2) is 0 Å². The molecule has 2 atom stereocenters. The molecule has 0 saturated carbocycles. The number of carbonyl (C=O) groups excluding carboxylic acids is 2. The maximum Gasteiger partial charge on any atom is 0.306 e. The lowest BCUT2D eigenvalue weighted by atomic mass is 10.0. The van der Waals surface area contributed by atoms with Gasteiger partial charge in [-0.3, -0.25) is 9.59 Å². The Labute approximate surface area is 127 Å². The summed E-state index contributed by atoms with van der Waals surface area (Å²) in [5.74, 6) is -0.128. The maximum absolute atomic E-state index is 11.6. The molecule has 0 aliphatic rings. The molecule has 0 aromatic heterocycles. The minimum atomic E-state index is -0.822. The molecule has 0 aliphatic carbocycles. The van der Waals surface area contributed by atoms with Crippen LogP contribution in [0, 0.1) is 5.92 Å². The smallest absolute Gasteiger partial charge is 0.306 e. The summed E-state index contributed by atoms with van der Waals surface area (Å²) in [5.41, 5.74) is 0. The number of rotatable bonds is 13. The van der Waals surface area contributed by atoms with Crippen molar-refractivity contribution < 1.29 is 24.5 Å². The third kappa shape index (κ3) is 11.4. The van der Waals surface area contributed by atoms with Gasteiger partial charge in [0.25, 0.3) is 0 Å². The number of ketones is 1. The predicted molar refractivity (Wildman–Crippen MR) is 80.8 cm³/mol. The summed E-state index contributed by atoms with van der Waals surface area (Å²) >= 11 is 0. The molecular formula is C16H30O5. The standard InChI is InChI=1S/C16H30O5/c1-3-5-6-13(4-2)12-21-16(20)8-7-14(18)11-15(19)9-10-17/h13,15,17,19H,3-12H2,1-2H3. The fourth-order valence-electron chi connectivity index (χ4n) is 2.04. The van der Waals surface area contributed by atoms with Crippen molar-refractivity contribution in [1.82, 2.24) is 0 Å². The van der Waals surface area contributed by atoms with E-state index in [9.17, 15) is 14.7 Å². The largest absolute Gasteiger partial charge is 0.465 e. The Hall–Kier alpha value is -0.940. The number of unbranched alkanes of at least 4 members (excludes halogenated alkanes) is 1. The van der Waals surface area contributed by atoms with E-state index >= 15 is 0 Å². The first-order chi connectivity index (χ1) is 10.0. The highest BCUT2D eigenvalue weighted by Crippen LogP contribution is 2.13. The van der Waals surface area contributed by atoms with E-state index in [1.165, 1.54) is 0 Å². The van der Waals surface area contributed by atoms with Crippen molar-refractivity contribution in [3.8, 4) is 0 Å². The molecule has 0 saturated heterocycles. The number of aliphatic hydroxyl groups is 2. The van der Waals surface area contributed by atoms with Gasteiger partial charge in [-0.25, -0.2) is 0 Å². The van der Waals surface area contributed by atoms with E-state index < -0.39 is 6.10 Å². The van der Waals surface area contributed by atoms with Crippen LogP contribution in [0.4, 0.5) is 0 Å². The molecule has 2 unspecified atom stereocenters. The average Bonchev–Trinajstić information content (AvgIpc) is 2.45. The second-order valence-electron chi connectivity index (χ2n) is 5.51. The van der Waals surface area contributed by atoms with E-state index in [1.54, 1.807) is 0 Å². The van der Waals surface area contributed by atoms with Crippen LogP contribution in [0.5, 0.6) is 0 Å². The minimum Gasteiger partial charge on any atom is -0.465 e. The van der Waals surface area contributed by atoms with Crippen LogP contribution >= 0.6 is 0 Å². The molecule has 0 rings (SSSR count). The number of ether oxygens (including phenoxy) is 1. The monoisotopic (exact) mass is 302 g/mol. The molecule has 0 aromatic carbocycles. The van der Waals surface area contributed by atoms with E-state index in [2.05, 4.69) is 13.8 Å². The van der Waals surface area contributed by atoms with Crippen LogP contribution in [-0.2, 0) is 14.3 Å². The third-order valence-electron chi connectivity index (χ3n) is 3.56. The van der Waals surface area contributed by atoms with E-state index in [-0.39, 0.29) is 44.0 Å². The summed E-state index contributed by atoms with van der Waals surface area (Å²) in [6, 6.07) is 0. The van der Waals surface area contributed by atoms with Crippen LogP contribution in [0.25, 0.3) is 0 Å². The molecule has 0 aromatic rings. The number of hydrogen-bond donors (Lipinski definition) is 2. The lowest BCUT2D eigenvalue weighted by Crippen LogP contribution is -2.17. The molecule has 124 valence electrons. The van der Waals surface area contributed by atoms with Crippen LogP contribution in [0.2, 0.25) is 0 Å². The Bertz CT molecular complexity index is 290. The first kappa shape index (κ1) is 20.1. The zero-order valence-corrected chi connectivity index (χ0v) is 13.3. The van der Waals surface area contributed by atoms with Crippen molar-refractivity contribution in [2.75, 3.05) is 13.2 Å².